The Hall–Kier alpha value is -0.260. The van der Waals surface area contributed by atoms with Crippen molar-refractivity contribution in [1.82, 2.24) is 0 Å². The first-order chi connectivity index (χ1) is 8.16. The topological polar surface area (TPSA) is 49.7 Å². The van der Waals surface area contributed by atoms with Gasteiger partial charge in [-0.05, 0) is 17.7 Å². The zero-order chi connectivity index (χ0) is 12.3. The molecule has 1 aliphatic rings. The Labute approximate surface area is 110 Å². The molecule has 2 rings (SSSR count). The van der Waals surface area contributed by atoms with Crippen LogP contribution in [0.3, 0.4) is 0 Å². The number of benzene rings is 1. The highest BCUT2D eigenvalue weighted by Crippen LogP contribution is 2.21. The number of ether oxygens (including phenoxy) is 1. The molecule has 0 aliphatic carbocycles. The molecular weight excluding hydrogens is 260 g/mol. The summed E-state index contributed by atoms with van der Waals surface area (Å²) in [6.45, 7) is 0.230. The normalized spacial score (nSPS) is 28.5. The molecule has 3 nitrogen and oxygen atoms in total. The van der Waals surface area contributed by atoms with Gasteiger partial charge in [0.2, 0.25) is 0 Å². The summed E-state index contributed by atoms with van der Waals surface area (Å²) < 4.78 is 5.29. The van der Waals surface area contributed by atoms with Crippen LogP contribution in [0.2, 0.25) is 5.02 Å². The number of thioether (sulfide) groups is 1. The van der Waals surface area contributed by atoms with Crippen molar-refractivity contribution in [2.45, 2.75) is 24.1 Å². The maximum absolute atomic E-state index is 9.59. The first-order valence-corrected chi connectivity index (χ1v) is 7.00. The molecule has 0 aromatic heterocycles. The van der Waals surface area contributed by atoms with Crippen molar-refractivity contribution >= 4 is 23.4 Å². The van der Waals surface area contributed by atoms with Crippen LogP contribution in [-0.2, 0) is 10.5 Å². The predicted octanol–water partition coefficient (Wildman–Crippen LogP) is 1.69. The van der Waals surface area contributed by atoms with E-state index >= 15 is 0 Å². The second-order valence-electron chi connectivity index (χ2n) is 4.07. The van der Waals surface area contributed by atoms with Gasteiger partial charge in [-0.2, -0.15) is 11.8 Å². The smallest absolute Gasteiger partial charge is 0.109 e. The molecular formula is C12H15ClO3S. The summed E-state index contributed by atoms with van der Waals surface area (Å²) in [4.78, 5) is 0. The Morgan fingerprint density at radius 2 is 2.00 bits per heavy atom. The Bertz CT molecular complexity index is 357. The zero-order valence-electron chi connectivity index (χ0n) is 9.25. The third-order valence-electron chi connectivity index (χ3n) is 2.72. The molecule has 1 heterocycles. The SMILES string of the molecule is OC1COC(CSCc2ccc(Cl)cc2)C1O. The molecule has 3 unspecified atom stereocenters. The number of hydrogen-bond donors (Lipinski definition) is 2. The van der Waals surface area contributed by atoms with Crippen molar-refractivity contribution < 1.29 is 14.9 Å². The number of halogens is 1. The first kappa shape index (κ1) is 13.2. The van der Waals surface area contributed by atoms with E-state index in [1.165, 1.54) is 5.56 Å². The quantitative estimate of drug-likeness (QED) is 0.877. The van der Waals surface area contributed by atoms with Crippen LogP contribution < -0.4 is 0 Å². The zero-order valence-corrected chi connectivity index (χ0v) is 10.8. The lowest BCUT2D eigenvalue weighted by atomic mass is 10.2. The lowest BCUT2D eigenvalue weighted by Crippen LogP contribution is -2.31. The Morgan fingerprint density at radius 3 is 2.59 bits per heavy atom. The van der Waals surface area contributed by atoms with E-state index in [2.05, 4.69) is 0 Å². The van der Waals surface area contributed by atoms with Crippen LogP contribution in [0.1, 0.15) is 5.56 Å². The molecule has 2 N–H and O–H groups in total. The molecule has 0 amide bonds. The van der Waals surface area contributed by atoms with Crippen molar-refractivity contribution in [2.75, 3.05) is 12.4 Å². The number of aliphatic hydroxyl groups is 2. The van der Waals surface area contributed by atoms with E-state index in [-0.39, 0.29) is 12.7 Å². The number of aliphatic hydroxyl groups excluding tert-OH is 2. The summed E-state index contributed by atoms with van der Waals surface area (Å²) in [7, 11) is 0. The highest BCUT2D eigenvalue weighted by atomic mass is 35.5. The van der Waals surface area contributed by atoms with Crippen LogP contribution in [0.15, 0.2) is 24.3 Å². The van der Waals surface area contributed by atoms with E-state index in [1.54, 1.807) is 11.8 Å². The lowest BCUT2D eigenvalue weighted by Gasteiger charge is -2.14. The average molecular weight is 275 g/mol. The van der Waals surface area contributed by atoms with Crippen molar-refractivity contribution in [2.24, 2.45) is 0 Å². The van der Waals surface area contributed by atoms with Gasteiger partial charge >= 0.3 is 0 Å². The van der Waals surface area contributed by atoms with Gasteiger partial charge in [0.05, 0.1) is 12.7 Å². The van der Waals surface area contributed by atoms with Gasteiger partial charge in [0.1, 0.15) is 12.2 Å². The largest absolute Gasteiger partial charge is 0.388 e. The molecule has 1 aromatic rings. The molecule has 17 heavy (non-hydrogen) atoms. The van der Waals surface area contributed by atoms with Crippen LogP contribution >= 0.6 is 23.4 Å². The standard InChI is InChI=1S/C12H15ClO3S/c13-9-3-1-8(2-4-9)6-17-7-11-12(15)10(14)5-16-11/h1-4,10-12,14-15H,5-7H2. The minimum atomic E-state index is -0.757. The molecule has 0 bridgehead atoms. The van der Waals surface area contributed by atoms with Crippen molar-refractivity contribution in [3.63, 3.8) is 0 Å². The molecule has 1 saturated heterocycles. The summed E-state index contributed by atoms with van der Waals surface area (Å²) in [5.41, 5.74) is 1.19. The van der Waals surface area contributed by atoms with Crippen molar-refractivity contribution in [1.29, 1.82) is 0 Å². The van der Waals surface area contributed by atoms with Crippen LogP contribution in [0.5, 0.6) is 0 Å². The van der Waals surface area contributed by atoms with Crippen LogP contribution in [-0.4, -0.2) is 40.9 Å². The van der Waals surface area contributed by atoms with E-state index in [1.807, 2.05) is 24.3 Å². The summed E-state index contributed by atoms with van der Waals surface area (Å²) in [5, 5.41) is 19.6. The minimum absolute atomic E-state index is 0.230. The summed E-state index contributed by atoms with van der Waals surface area (Å²) in [5.74, 6) is 1.53. The minimum Gasteiger partial charge on any atom is -0.388 e. The second-order valence-corrected chi connectivity index (χ2v) is 5.54. The van der Waals surface area contributed by atoms with Gasteiger partial charge < -0.3 is 14.9 Å². The van der Waals surface area contributed by atoms with Gasteiger partial charge in [0, 0.05) is 16.5 Å². The Morgan fingerprint density at radius 1 is 1.29 bits per heavy atom. The maximum Gasteiger partial charge on any atom is 0.109 e. The molecule has 1 aromatic carbocycles. The Kier molecular flexibility index (Phi) is 4.70. The van der Waals surface area contributed by atoms with Gasteiger partial charge in [0.25, 0.3) is 0 Å². The van der Waals surface area contributed by atoms with E-state index in [9.17, 15) is 10.2 Å². The molecule has 0 radical (unpaired) electrons. The highest BCUT2D eigenvalue weighted by molar-refractivity contribution is 7.98. The van der Waals surface area contributed by atoms with Crippen molar-refractivity contribution in [3.8, 4) is 0 Å². The van der Waals surface area contributed by atoms with Gasteiger partial charge in [0.15, 0.2) is 0 Å². The summed E-state index contributed by atoms with van der Waals surface area (Å²) in [6.07, 6.45) is -1.76. The summed E-state index contributed by atoms with van der Waals surface area (Å²) >= 11 is 7.47. The predicted molar refractivity (Wildman–Crippen MR) is 69.4 cm³/mol. The molecule has 5 heteroatoms. The monoisotopic (exact) mass is 274 g/mol. The Balaban J connectivity index is 1.74. The van der Waals surface area contributed by atoms with Gasteiger partial charge in [-0.1, -0.05) is 23.7 Å². The molecule has 0 saturated carbocycles. The molecule has 3 atom stereocenters. The number of hydrogen-bond acceptors (Lipinski definition) is 4. The van der Waals surface area contributed by atoms with E-state index in [0.29, 0.717) is 5.75 Å². The molecule has 0 spiro atoms. The van der Waals surface area contributed by atoms with Gasteiger partial charge in [-0.25, -0.2) is 0 Å². The van der Waals surface area contributed by atoms with Crippen LogP contribution in [0.4, 0.5) is 0 Å². The lowest BCUT2D eigenvalue weighted by molar-refractivity contribution is 0.0337. The molecule has 1 fully saturated rings. The van der Waals surface area contributed by atoms with Crippen LogP contribution in [0.25, 0.3) is 0 Å². The van der Waals surface area contributed by atoms with Crippen LogP contribution in [0, 0.1) is 0 Å². The van der Waals surface area contributed by atoms with E-state index < -0.39 is 12.2 Å². The van der Waals surface area contributed by atoms with E-state index in [4.69, 9.17) is 16.3 Å². The fourth-order valence-corrected chi connectivity index (χ4v) is 2.89. The molecule has 94 valence electrons. The number of rotatable bonds is 4. The highest BCUT2D eigenvalue weighted by Gasteiger charge is 2.34. The second kappa shape index (κ2) is 6.07. The first-order valence-electron chi connectivity index (χ1n) is 5.47. The van der Waals surface area contributed by atoms with E-state index in [0.717, 1.165) is 10.8 Å². The third-order valence-corrected chi connectivity index (χ3v) is 4.07. The van der Waals surface area contributed by atoms with Crippen molar-refractivity contribution in [3.05, 3.63) is 34.9 Å². The van der Waals surface area contributed by atoms with Gasteiger partial charge in [-0.15, -0.1) is 0 Å². The third kappa shape index (κ3) is 3.60. The fourth-order valence-electron chi connectivity index (χ4n) is 1.69. The average Bonchev–Trinajstić information content (AvgIpc) is 2.64. The fraction of sp³-hybridized carbons (Fsp3) is 0.500. The molecule has 1 aliphatic heterocycles. The summed E-state index contributed by atoms with van der Waals surface area (Å²) in [6, 6.07) is 7.69. The van der Waals surface area contributed by atoms with Gasteiger partial charge in [-0.3, -0.25) is 0 Å². The maximum atomic E-state index is 9.59.